The van der Waals surface area contributed by atoms with Crippen molar-refractivity contribution in [2.24, 2.45) is 0 Å². The SMILES string of the molecule is CCOc1ccc(P2(=O)CCCCCCN2CC(=O)O)cc1. The topological polar surface area (TPSA) is 66.8 Å². The molecule has 1 aromatic rings. The zero-order chi connectivity index (χ0) is 16.0. The highest BCUT2D eigenvalue weighted by atomic mass is 31.2. The minimum absolute atomic E-state index is 0.162. The molecule has 1 N–H and O–H groups in total. The third kappa shape index (κ3) is 4.11. The number of aliphatic carboxylic acids is 1. The number of nitrogens with zero attached hydrogens (tertiary/aromatic N) is 1. The van der Waals surface area contributed by atoms with E-state index in [1.807, 2.05) is 31.2 Å². The molecule has 1 heterocycles. The van der Waals surface area contributed by atoms with E-state index < -0.39 is 13.3 Å². The van der Waals surface area contributed by atoms with Crippen molar-refractivity contribution in [3.8, 4) is 5.75 Å². The average Bonchev–Trinajstić information content (AvgIpc) is 2.48. The second-order valence-corrected chi connectivity index (χ2v) is 8.48. The van der Waals surface area contributed by atoms with Crippen LogP contribution in [0.1, 0.15) is 32.6 Å². The van der Waals surface area contributed by atoms with Crippen LogP contribution in [0.2, 0.25) is 0 Å². The number of hydrogen-bond acceptors (Lipinski definition) is 3. The van der Waals surface area contributed by atoms with E-state index in [0.29, 0.717) is 19.3 Å². The summed E-state index contributed by atoms with van der Waals surface area (Å²) in [5, 5.41) is 9.87. The van der Waals surface area contributed by atoms with E-state index in [1.165, 1.54) is 0 Å². The normalized spacial score (nSPS) is 23.5. The maximum absolute atomic E-state index is 13.6. The summed E-state index contributed by atoms with van der Waals surface area (Å²) in [7, 11) is -2.84. The van der Waals surface area contributed by atoms with Gasteiger partial charge in [0.2, 0.25) is 0 Å². The Morgan fingerprint density at radius 1 is 1.23 bits per heavy atom. The Morgan fingerprint density at radius 3 is 2.55 bits per heavy atom. The summed E-state index contributed by atoms with van der Waals surface area (Å²) >= 11 is 0. The third-order valence-electron chi connectivity index (χ3n) is 3.95. The lowest BCUT2D eigenvalue weighted by atomic mass is 10.2. The summed E-state index contributed by atoms with van der Waals surface area (Å²) in [5.74, 6) is -0.179. The van der Waals surface area contributed by atoms with Gasteiger partial charge in [0.25, 0.3) is 0 Å². The number of carbonyl (C=O) groups is 1. The monoisotopic (exact) mass is 325 g/mol. The highest BCUT2D eigenvalue weighted by Gasteiger charge is 2.34. The molecule has 1 atom stereocenters. The fourth-order valence-corrected chi connectivity index (χ4v) is 5.81. The van der Waals surface area contributed by atoms with Crippen molar-refractivity contribution in [1.82, 2.24) is 4.67 Å². The van der Waals surface area contributed by atoms with Crippen molar-refractivity contribution in [3.63, 3.8) is 0 Å². The molecule has 1 unspecified atom stereocenters. The van der Waals surface area contributed by atoms with E-state index in [0.717, 1.165) is 36.7 Å². The van der Waals surface area contributed by atoms with E-state index in [4.69, 9.17) is 9.84 Å². The van der Waals surface area contributed by atoms with Crippen molar-refractivity contribution >= 4 is 18.6 Å². The highest BCUT2D eigenvalue weighted by Crippen LogP contribution is 2.50. The zero-order valence-corrected chi connectivity index (χ0v) is 13.9. The lowest BCUT2D eigenvalue weighted by Gasteiger charge is -2.32. The fourth-order valence-electron chi connectivity index (χ4n) is 2.86. The first-order valence-corrected chi connectivity index (χ1v) is 9.70. The largest absolute Gasteiger partial charge is 0.494 e. The third-order valence-corrected chi connectivity index (χ3v) is 7.24. The number of hydrogen-bond donors (Lipinski definition) is 1. The van der Waals surface area contributed by atoms with Crippen LogP contribution in [0.4, 0.5) is 0 Å². The van der Waals surface area contributed by atoms with Crippen LogP contribution in [0.3, 0.4) is 0 Å². The van der Waals surface area contributed by atoms with Gasteiger partial charge in [-0.05, 0) is 44.0 Å². The van der Waals surface area contributed by atoms with Crippen LogP contribution in [0, 0.1) is 0 Å². The Balaban J connectivity index is 2.30. The molecule has 0 spiro atoms. The Labute approximate surface area is 131 Å². The van der Waals surface area contributed by atoms with Crippen LogP contribution in [-0.2, 0) is 9.36 Å². The maximum atomic E-state index is 13.6. The molecule has 1 fully saturated rings. The Kier molecular flexibility index (Phi) is 6.04. The maximum Gasteiger partial charge on any atom is 0.318 e. The molecule has 1 aromatic carbocycles. The first kappa shape index (κ1) is 17.0. The molecule has 1 aliphatic rings. The lowest BCUT2D eigenvalue weighted by molar-refractivity contribution is -0.137. The van der Waals surface area contributed by atoms with Crippen molar-refractivity contribution in [2.45, 2.75) is 32.6 Å². The van der Waals surface area contributed by atoms with Crippen molar-refractivity contribution < 1.29 is 19.2 Å². The molecule has 22 heavy (non-hydrogen) atoms. The lowest BCUT2D eigenvalue weighted by Crippen LogP contribution is -2.34. The van der Waals surface area contributed by atoms with Gasteiger partial charge in [-0.25, -0.2) is 4.67 Å². The molecule has 1 saturated heterocycles. The molecule has 122 valence electrons. The number of carboxylic acids is 1. The molecule has 0 aliphatic carbocycles. The summed E-state index contributed by atoms with van der Waals surface area (Å²) in [5.41, 5.74) is 0. The summed E-state index contributed by atoms with van der Waals surface area (Å²) in [4.78, 5) is 11.1. The average molecular weight is 325 g/mol. The van der Waals surface area contributed by atoms with Crippen LogP contribution >= 0.6 is 7.29 Å². The summed E-state index contributed by atoms with van der Waals surface area (Å²) in [6, 6.07) is 7.27. The quantitative estimate of drug-likeness (QED) is 0.843. The second kappa shape index (κ2) is 7.80. The van der Waals surface area contributed by atoms with Gasteiger partial charge in [-0.1, -0.05) is 12.8 Å². The molecular formula is C16H24NO4P. The summed E-state index contributed by atoms with van der Waals surface area (Å²) < 4.78 is 20.7. The minimum Gasteiger partial charge on any atom is -0.494 e. The van der Waals surface area contributed by atoms with Gasteiger partial charge in [-0.2, -0.15) is 0 Å². The fraction of sp³-hybridized carbons (Fsp3) is 0.562. The van der Waals surface area contributed by atoms with Crippen LogP contribution in [0.25, 0.3) is 0 Å². The Morgan fingerprint density at radius 2 is 1.91 bits per heavy atom. The van der Waals surface area contributed by atoms with Crippen LogP contribution in [0.5, 0.6) is 5.75 Å². The van der Waals surface area contributed by atoms with Gasteiger partial charge < -0.3 is 14.4 Å². The Bertz CT molecular complexity index is 544. The molecule has 0 radical (unpaired) electrons. The molecule has 0 aromatic heterocycles. The molecule has 2 rings (SSSR count). The van der Waals surface area contributed by atoms with E-state index in [9.17, 15) is 9.36 Å². The first-order valence-electron chi connectivity index (χ1n) is 7.86. The minimum atomic E-state index is -2.84. The standard InChI is InChI=1S/C16H24NO4P/c1-2-21-14-7-9-15(10-8-14)22(20)12-6-4-3-5-11-17(22)13-16(18)19/h7-10H,2-6,11-13H2,1H3,(H,18,19). The highest BCUT2D eigenvalue weighted by molar-refractivity contribution is 7.69. The zero-order valence-electron chi connectivity index (χ0n) is 13.0. The smallest absolute Gasteiger partial charge is 0.318 e. The van der Waals surface area contributed by atoms with Crippen LogP contribution < -0.4 is 10.0 Å². The number of benzene rings is 1. The van der Waals surface area contributed by atoms with Gasteiger partial charge >= 0.3 is 5.97 Å². The van der Waals surface area contributed by atoms with Crippen molar-refractivity contribution in [3.05, 3.63) is 24.3 Å². The summed E-state index contributed by atoms with van der Waals surface area (Å²) in [6.45, 7) is 2.92. The molecular weight excluding hydrogens is 301 g/mol. The second-order valence-electron chi connectivity index (χ2n) is 5.55. The van der Waals surface area contributed by atoms with Gasteiger partial charge in [0.05, 0.1) is 6.61 Å². The number of ether oxygens (including phenoxy) is 1. The molecule has 0 bridgehead atoms. The van der Waals surface area contributed by atoms with E-state index in [2.05, 4.69) is 0 Å². The van der Waals surface area contributed by atoms with Gasteiger partial charge in [-0.15, -0.1) is 0 Å². The predicted molar refractivity (Wildman–Crippen MR) is 87.4 cm³/mol. The molecule has 1 aliphatic heterocycles. The van der Waals surface area contributed by atoms with Crippen LogP contribution in [-0.4, -0.2) is 41.6 Å². The van der Waals surface area contributed by atoms with Crippen LogP contribution in [0.15, 0.2) is 24.3 Å². The van der Waals surface area contributed by atoms with Gasteiger partial charge in [0.1, 0.15) is 12.3 Å². The van der Waals surface area contributed by atoms with E-state index in [1.54, 1.807) is 4.67 Å². The van der Waals surface area contributed by atoms with Gasteiger partial charge in [0.15, 0.2) is 7.29 Å². The number of carboxylic acid groups (broad SMARTS) is 1. The van der Waals surface area contributed by atoms with E-state index in [-0.39, 0.29) is 6.54 Å². The van der Waals surface area contributed by atoms with Crippen molar-refractivity contribution in [1.29, 1.82) is 0 Å². The number of rotatable bonds is 5. The van der Waals surface area contributed by atoms with E-state index >= 15 is 0 Å². The van der Waals surface area contributed by atoms with Gasteiger partial charge in [0, 0.05) is 18.0 Å². The molecule has 0 amide bonds. The Hall–Kier alpha value is -1.32. The molecule has 6 heteroatoms. The molecule has 0 saturated carbocycles. The summed E-state index contributed by atoms with van der Waals surface area (Å²) in [6.07, 6.45) is 4.45. The van der Waals surface area contributed by atoms with Crippen molar-refractivity contribution in [2.75, 3.05) is 25.9 Å². The first-order chi connectivity index (χ1) is 10.6. The predicted octanol–water partition coefficient (Wildman–Crippen LogP) is 2.95. The molecule has 5 nitrogen and oxygen atoms in total. The van der Waals surface area contributed by atoms with Gasteiger partial charge in [-0.3, -0.25) is 4.79 Å².